The van der Waals surface area contributed by atoms with Crippen LogP contribution in [0, 0.1) is 0 Å². The molecule has 1 aromatic heterocycles. The van der Waals surface area contributed by atoms with E-state index >= 15 is 0 Å². The molecule has 1 aliphatic rings. The van der Waals surface area contributed by atoms with E-state index in [1.54, 1.807) is 13.2 Å². The summed E-state index contributed by atoms with van der Waals surface area (Å²) in [5.74, 6) is 0.514. The highest BCUT2D eigenvalue weighted by molar-refractivity contribution is 5.99. The van der Waals surface area contributed by atoms with Crippen LogP contribution in [-0.4, -0.2) is 22.9 Å². The Kier molecular flexibility index (Phi) is 2.44. The number of nitrogens with one attached hydrogen (secondary N) is 2. The first kappa shape index (κ1) is 10.7. The van der Waals surface area contributed by atoms with Crippen molar-refractivity contribution in [3.05, 3.63) is 36.0 Å². The van der Waals surface area contributed by atoms with Gasteiger partial charge >= 0.3 is 0 Å². The van der Waals surface area contributed by atoms with Crippen LogP contribution in [0.1, 0.15) is 5.56 Å². The number of fused-ring (bicyclic) bond motifs is 3. The lowest BCUT2D eigenvalue weighted by Gasteiger charge is -2.08. The predicted molar refractivity (Wildman–Crippen MR) is 69.3 cm³/mol. The number of benzene rings is 1. The Balaban J connectivity index is 2.26. The van der Waals surface area contributed by atoms with E-state index in [0.29, 0.717) is 12.4 Å². The smallest absolute Gasteiger partial charge is 0.228 e. The Labute approximate surface area is 104 Å². The van der Waals surface area contributed by atoms with Crippen LogP contribution in [-0.2, 0) is 11.2 Å². The van der Waals surface area contributed by atoms with Crippen LogP contribution in [0.5, 0.6) is 0 Å². The number of carbonyl (C=O) groups excluding carboxylic acids is 1. The monoisotopic (exact) mass is 240 g/mol. The standard InChI is InChI=1S/C13H12N4O/c1-14-13-15-7-8-6-11(18)16-10-5-3-2-4-9(10)12(8)17-13/h2-5,7H,6H2,1H3,(H,16,18)(H,14,15,17). The molecule has 0 aliphatic carbocycles. The summed E-state index contributed by atoms with van der Waals surface area (Å²) in [6.07, 6.45) is 2.00. The molecule has 2 N–H and O–H groups in total. The fourth-order valence-corrected chi connectivity index (χ4v) is 2.06. The third kappa shape index (κ3) is 1.69. The molecular weight excluding hydrogens is 228 g/mol. The van der Waals surface area contributed by atoms with E-state index in [9.17, 15) is 4.79 Å². The van der Waals surface area contributed by atoms with Crippen molar-refractivity contribution in [1.82, 2.24) is 9.97 Å². The number of anilines is 2. The van der Waals surface area contributed by atoms with Crippen LogP contribution in [0.4, 0.5) is 11.6 Å². The van der Waals surface area contributed by atoms with Crippen LogP contribution in [0.15, 0.2) is 30.5 Å². The molecule has 3 rings (SSSR count). The molecule has 0 bridgehead atoms. The van der Waals surface area contributed by atoms with Crippen LogP contribution < -0.4 is 10.6 Å². The van der Waals surface area contributed by atoms with Gasteiger partial charge in [-0.25, -0.2) is 9.97 Å². The molecule has 2 aromatic rings. The molecule has 1 amide bonds. The summed E-state index contributed by atoms with van der Waals surface area (Å²) in [5, 5.41) is 5.79. The highest BCUT2D eigenvalue weighted by Crippen LogP contribution is 2.32. The summed E-state index contributed by atoms with van der Waals surface area (Å²) in [4.78, 5) is 20.4. The lowest BCUT2D eigenvalue weighted by Crippen LogP contribution is -2.12. The van der Waals surface area contributed by atoms with Crippen molar-refractivity contribution < 1.29 is 4.79 Å². The third-order valence-corrected chi connectivity index (χ3v) is 2.90. The second-order valence-electron chi connectivity index (χ2n) is 4.09. The average Bonchev–Trinajstić information content (AvgIpc) is 2.53. The quantitative estimate of drug-likeness (QED) is 0.795. The normalized spacial score (nSPS) is 13.1. The zero-order valence-electron chi connectivity index (χ0n) is 9.90. The maximum atomic E-state index is 11.8. The minimum absolute atomic E-state index is 0.0398. The highest BCUT2D eigenvalue weighted by atomic mass is 16.1. The van der Waals surface area contributed by atoms with Gasteiger partial charge in [0, 0.05) is 24.4 Å². The third-order valence-electron chi connectivity index (χ3n) is 2.90. The summed E-state index contributed by atoms with van der Waals surface area (Å²) < 4.78 is 0. The van der Waals surface area contributed by atoms with Crippen molar-refractivity contribution in [2.24, 2.45) is 0 Å². The number of nitrogens with zero attached hydrogens (tertiary/aromatic N) is 2. The lowest BCUT2D eigenvalue weighted by atomic mass is 10.1. The van der Waals surface area contributed by atoms with Crippen LogP contribution in [0.2, 0.25) is 0 Å². The second kappa shape index (κ2) is 4.10. The molecule has 0 saturated carbocycles. The van der Waals surface area contributed by atoms with E-state index in [1.165, 1.54) is 0 Å². The van der Waals surface area contributed by atoms with Gasteiger partial charge in [-0.2, -0.15) is 0 Å². The maximum absolute atomic E-state index is 11.8. The van der Waals surface area contributed by atoms with Crippen LogP contribution >= 0.6 is 0 Å². The number of hydrogen-bond acceptors (Lipinski definition) is 4. The molecule has 0 saturated heterocycles. The SMILES string of the molecule is CNc1ncc2c(n1)-c1ccccc1NC(=O)C2. The van der Waals surface area contributed by atoms with Gasteiger partial charge in [0.1, 0.15) is 0 Å². The largest absolute Gasteiger partial charge is 0.357 e. The van der Waals surface area contributed by atoms with Crippen molar-refractivity contribution in [1.29, 1.82) is 0 Å². The van der Waals surface area contributed by atoms with Gasteiger partial charge in [-0.15, -0.1) is 0 Å². The Hall–Kier alpha value is -2.43. The molecule has 5 heteroatoms. The molecular formula is C13H12N4O. The molecule has 0 spiro atoms. The highest BCUT2D eigenvalue weighted by Gasteiger charge is 2.20. The minimum atomic E-state index is -0.0398. The number of aromatic nitrogens is 2. The topological polar surface area (TPSA) is 66.9 Å². The van der Waals surface area contributed by atoms with E-state index < -0.39 is 0 Å². The fraction of sp³-hybridized carbons (Fsp3) is 0.154. The van der Waals surface area contributed by atoms with E-state index in [-0.39, 0.29) is 5.91 Å². The average molecular weight is 240 g/mol. The predicted octanol–water partition coefficient (Wildman–Crippen LogP) is 1.68. The lowest BCUT2D eigenvalue weighted by molar-refractivity contribution is -0.115. The van der Waals surface area contributed by atoms with E-state index in [4.69, 9.17) is 0 Å². The van der Waals surface area contributed by atoms with E-state index in [2.05, 4.69) is 20.6 Å². The summed E-state index contributed by atoms with van der Waals surface area (Å²) >= 11 is 0. The maximum Gasteiger partial charge on any atom is 0.228 e. The van der Waals surface area contributed by atoms with Crippen molar-refractivity contribution in [2.45, 2.75) is 6.42 Å². The van der Waals surface area contributed by atoms with Crippen molar-refractivity contribution in [3.63, 3.8) is 0 Å². The summed E-state index contributed by atoms with van der Waals surface area (Å²) in [7, 11) is 1.77. The first-order valence-corrected chi connectivity index (χ1v) is 5.71. The summed E-state index contributed by atoms with van der Waals surface area (Å²) in [6.45, 7) is 0. The molecule has 0 fully saturated rings. The molecule has 90 valence electrons. The van der Waals surface area contributed by atoms with Crippen LogP contribution in [0.3, 0.4) is 0 Å². The molecule has 5 nitrogen and oxygen atoms in total. The van der Waals surface area contributed by atoms with Gasteiger partial charge in [-0.05, 0) is 6.07 Å². The number of rotatable bonds is 1. The Morgan fingerprint density at radius 3 is 3.00 bits per heavy atom. The summed E-state index contributed by atoms with van der Waals surface area (Å²) in [6, 6.07) is 7.65. The summed E-state index contributed by atoms with van der Waals surface area (Å²) in [5.41, 5.74) is 3.37. The number of amides is 1. The van der Waals surface area contributed by atoms with Gasteiger partial charge in [-0.3, -0.25) is 4.79 Å². The molecule has 0 atom stereocenters. The Bertz CT molecular complexity index is 624. The van der Waals surface area contributed by atoms with Crippen molar-refractivity contribution >= 4 is 17.5 Å². The van der Waals surface area contributed by atoms with Crippen LogP contribution in [0.25, 0.3) is 11.3 Å². The first-order valence-electron chi connectivity index (χ1n) is 5.71. The fourth-order valence-electron chi connectivity index (χ4n) is 2.06. The van der Waals surface area contributed by atoms with Gasteiger partial charge in [-0.1, -0.05) is 18.2 Å². The van der Waals surface area contributed by atoms with Gasteiger partial charge < -0.3 is 10.6 Å². The zero-order chi connectivity index (χ0) is 12.5. The van der Waals surface area contributed by atoms with E-state index in [0.717, 1.165) is 22.5 Å². The number of carbonyl (C=O) groups is 1. The Morgan fingerprint density at radius 1 is 1.33 bits per heavy atom. The molecule has 2 heterocycles. The van der Waals surface area contributed by atoms with E-state index in [1.807, 2.05) is 24.3 Å². The number of hydrogen-bond donors (Lipinski definition) is 2. The second-order valence-corrected chi connectivity index (χ2v) is 4.09. The van der Waals surface area contributed by atoms with Gasteiger partial charge in [0.25, 0.3) is 0 Å². The van der Waals surface area contributed by atoms with Gasteiger partial charge in [0.15, 0.2) is 0 Å². The van der Waals surface area contributed by atoms with Gasteiger partial charge in [0.2, 0.25) is 11.9 Å². The molecule has 18 heavy (non-hydrogen) atoms. The van der Waals surface area contributed by atoms with Crippen molar-refractivity contribution in [3.8, 4) is 11.3 Å². The molecule has 0 unspecified atom stereocenters. The number of para-hydroxylation sites is 1. The minimum Gasteiger partial charge on any atom is -0.357 e. The molecule has 0 radical (unpaired) electrons. The zero-order valence-corrected chi connectivity index (χ0v) is 9.90. The van der Waals surface area contributed by atoms with Gasteiger partial charge in [0.05, 0.1) is 17.8 Å². The Morgan fingerprint density at radius 2 is 2.17 bits per heavy atom. The molecule has 1 aliphatic heterocycles. The van der Waals surface area contributed by atoms with Crippen molar-refractivity contribution in [2.75, 3.05) is 17.7 Å². The first-order chi connectivity index (χ1) is 8.78. The molecule has 1 aromatic carbocycles.